The number of aromatic nitrogens is 1. The molecule has 1 aliphatic heterocycles. The maximum Gasteiger partial charge on any atom is 0.216 e. The molecular formula is C11H15FN2O. The minimum absolute atomic E-state index is 0.333. The van der Waals surface area contributed by atoms with Gasteiger partial charge in [-0.05, 0) is 25.5 Å². The lowest BCUT2D eigenvalue weighted by atomic mass is 9.88. The van der Waals surface area contributed by atoms with Crippen molar-refractivity contribution in [2.24, 2.45) is 0 Å². The van der Waals surface area contributed by atoms with E-state index in [1.807, 2.05) is 0 Å². The number of hydrogen-bond donors (Lipinski definition) is 2. The van der Waals surface area contributed by atoms with Crippen molar-refractivity contribution in [3.63, 3.8) is 0 Å². The number of rotatable bonds is 2. The number of halogens is 1. The number of β-amino-alcohol motifs (C(OH)–C–C–N with tert-alkyl or cyclic N) is 1. The standard InChI is InChI=1S/C11H15FN2O/c12-10-9(3-1-6-14-10)7-11(15)4-2-5-13-8-11/h1,3,6,13,15H,2,4-5,7-8H2. The van der Waals surface area contributed by atoms with Gasteiger partial charge in [-0.3, -0.25) is 0 Å². The number of nitrogens with zero attached hydrogens (tertiary/aromatic N) is 1. The number of piperidine rings is 1. The molecule has 0 amide bonds. The molecule has 1 unspecified atom stereocenters. The monoisotopic (exact) mass is 210 g/mol. The lowest BCUT2D eigenvalue weighted by Crippen LogP contribution is -2.47. The largest absolute Gasteiger partial charge is 0.388 e. The summed E-state index contributed by atoms with van der Waals surface area (Å²) >= 11 is 0. The molecule has 0 spiro atoms. The summed E-state index contributed by atoms with van der Waals surface area (Å²) in [7, 11) is 0. The van der Waals surface area contributed by atoms with Crippen LogP contribution in [0.15, 0.2) is 18.3 Å². The van der Waals surface area contributed by atoms with Gasteiger partial charge in [-0.15, -0.1) is 0 Å². The minimum atomic E-state index is -0.817. The van der Waals surface area contributed by atoms with E-state index in [1.54, 1.807) is 12.1 Å². The van der Waals surface area contributed by atoms with Gasteiger partial charge in [-0.2, -0.15) is 4.39 Å². The second-order valence-corrected chi connectivity index (χ2v) is 4.13. The molecule has 1 aromatic rings. The Bertz CT molecular complexity index is 337. The summed E-state index contributed by atoms with van der Waals surface area (Å²) in [5, 5.41) is 13.3. The Hall–Kier alpha value is -1.00. The van der Waals surface area contributed by atoms with Gasteiger partial charge < -0.3 is 10.4 Å². The van der Waals surface area contributed by atoms with Crippen LogP contribution in [0.25, 0.3) is 0 Å². The van der Waals surface area contributed by atoms with Crippen LogP contribution in [-0.4, -0.2) is 28.8 Å². The Balaban J connectivity index is 2.10. The van der Waals surface area contributed by atoms with Gasteiger partial charge in [0.15, 0.2) is 0 Å². The lowest BCUT2D eigenvalue weighted by molar-refractivity contribution is 0.0161. The fraction of sp³-hybridized carbons (Fsp3) is 0.545. The molecule has 0 aromatic carbocycles. The van der Waals surface area contributed by atoms with Crippen LogP contribution >= 0.6 is 0 Å². The number of nitrogens with one attached hydrogen (secondary N) is 1. The van der Waals surface area contributed by atoms with Gasteiger partial charge in [0.1, 0.15) is 0 Å². The van der Waals surface area contributed by atoms with Gasteiger partial charge in [-0.25, -0.2) is 4.98 Å². The number of aliphatic hydroxyl groups is 1. The maximum absolute atomic E-state index is 13.3. The van der Waals surface area contributed by atoms with E-state index >= 15 is 0 Å². The van der Waals surface area contributed by atoms with Gasteiger partial charge >= 0.3 is 0 Å². The maximum atomic E-state index is 13.3. The second kappa shape index (κ2) is 4.24. The third-order valence-electron chi connectivity index (χ3n) is 2.81. The van der Waals surface area contributed by atoms with Crippen molar-refractivity contribution in [3.8, 4) is 0 Å². The normalized spacial score (nSPS) is 26.5. The molecule has 1 atom stereocenters. The van der Waals surface area contributed by atoms with Gasteiger partial charge in [0, 0.05) is 24.7 Å². The minimum Gasteiger partial charge on any atom is -0.388 e. The molecular weight excluding hydrogens is 195 g/mol. The summed E-state index contributed by atoms with van der Waals surface area (Å²) in [5.74, 6) is -0.475. The van der Waals surface area contributed by atoms with Crippen molar-refractivity contribution in [1.82, 2.24) is 10.3 Å². The molecule has 15 heavy (non-hydrogen) atoms. The van der Waals surface area contributed by atoms with Crippen LogP contribution in [-0.2, 0) is 6.42 Å². The topological polar surface area (TPSA) is 45.2 Å². The summed E-state index contributed by atoms with van der Waals surface area (Å²) in [6.07, 6.45) is 3.40. The van der Waals surface area contributed by atoms with E-state index in [2.05, 4.69) is 10.3 Å². The summed E-state index contributed by atoms with van der Waals surface area (Å²) in [4.78, 5) is 3.58. The predicted octanol–water partition coefficient (Wildman–Crippen LogP) is 0.878. The average molecular weight is 210 g/mol. The smallest absolute Gasteiger partial charge is 0.216 e. The zero-order valence-electron chi connectivity index (χ0n) is 8.54. The van der Waals surface area contributed by atoms with Crippen molar-refractivity contribution in [2.45, 2.75) is 24.9 Å². The molecule has 2 rings (SSSR count). The van der Waals surface area contributed by atoms with Crippen LogP contribution in [0.3, 0.4) is 0 Å². The molecule has 0 radical (unpaired) electrons. The van der Waals surface area contributed by atoms with Gasteiger partial charge in [-0.1, -0.05) is 6.07 Å². The Kier molecular flexibility index (Phi) is 2.98. The molecule has 0 aliphatic carbocycles. The van der Waals surface area contributed by atoms with Crippen LogP contribution in [0.5, 0.6) is 0 Å². The number of pyridine rings is 1. The van der Waals surface area contributed by atoms with Crippen LogP contribution in [0.4, 0.5) is 4.39 Å². The first kappa shape index (κ1) is 10.5. The summed E-state index contributed by atoms with van der Waals surface area (Å²) in [6.45, 7) is 1.46. The van der Waals surface area contributed by atoms with E-state index < -0.39 is 11.5 Å². The van der Waals surface area contributed by atoms with E-state index in [-0.39, 0.29) is 0 Å². The van der Waals surface area contributed by atoms with Crippen LogP contribution in [0.2, 0.25) is 0 Å². The first-order valence-corrected chi connectivity index (χ1v) is 5.22. The third kappa shape index (κ3) is 2.52. The molecule has 2 heterocycles. The van der Waals surface area contributed by atoms with E-state index in [0.29, 0.717) is 24.9 Å². The summed E-state index contributed by atoms with van der Waals surface area (Å²) < 4.78 is 13.3. The molecule has 1 aliphatic rings. The van der Waals surface area contributed by atoms with Gasteiger partial charge in [0.25, 0.3) is 0 Å². The first-order chi connectivity index (χ1) is 7.20. The van der Waals surface area contributed by atoms with Crippen LogP contribution in [0.1, 0.15) is 18.4 Å². The Morgan fingerprint density at radius 3 is 3.13 bits per heavy atom. The quantitative estimate of drug-likeness (QED) is 0.712. The molecule has 82 valence electrons. The summed E-state index contributed by atoms with van der Waals surface area (Å²) in [5.41, 5.74) is -0.328. The third-order valence-corrected chi connectivity index (χ3v) is 2.81. The van der Waals surface area contributed by atoms with Crippen molar-refractivity contribution in [3.05, 3.63) is 29.8 Å². The second-order valence-electron chi connectivity index (χ2n) is 4.13. The highest BCUT2D eigenvalue weighted by atomic mass is 19.1. The van der Waals surface area contributed by atoms with Gasteiger partial charge in [0.2, 0.25) is 5.95 Å². The zero-order chi connectivity index (χ0) is 10.7. The Labute approximate surface area is 88.3 Å². The molecule has 1 fully saturated rings. The fourth-order valence-electron chi connectivity index (χ4n) is 2.01. The van der Waals surface area contributed by atoms with Crippen molar-refractivity contribution in [1.29, 1.82) is 0 Å². The van der Waals surface area contributed by atoms with Crippen molar-refractivity contribution < 1.29 is 9.50 Å². The first-order valence-electron chi connectivity index (χ1n) is 5.22. The molecule has 3 nitrogen and oxygen atoms in total. The molecule has 2 N–H and O–H groups in total. The van der Waals surface area contributed by atoms with Crippen LogP contribution < -0.4 is 5.32 Å². The summed E-state index contributed by atoms with van der Waals surface area (Å²) in [6, 6.07) is 3.37. The fourth-order valence-corrected chi connectivity index (χ4v) is 2.01. The molecule has 4 heteroatoms. The molecule has 0 saturated carbocycles. The highest BCUT2D eigenvalue weighted by Crippen LogP contribution is 2.21. The zero-order valence-corrected chi connectivity index (χ0v) is 8.54. The number of hydrogen-bond acceptors (Lipinski definition) is 3. The molecule has 0 bridgehead atoms. The SMILES string of the molecule is OC1(Cc2cccnc2F)CCCNC1. The van der Waals surface area contributed by atoms with E-state index in [9.17, 15) is 9.50 Å². The van der Waals surface area contributed by atoms with E-state index in [1.165, 1.54) is 6.20 Å². The highest BCUT2D eigenvalue weighted by molar-refractivity contribution is 5.14. The predicted molar refractivity (Wildman–Crippen MR) is 55.0 cm³/mol. The Morgan fingerprint density at radius 1 is 1.60 bits per heavy atom. The van der Waals surface area contributed by atoms with Gasteiger partial charge in [0.05, 0.1) is 5.60 Å². The average Bonchev–Trinajstić information content (AvgIpc) is 2.22. The Morgan fingerprint density at radius 2 is 2.47 bits per heavy atom. The highest BCUT2D eigenvalue weighted by Gasteiger charge is 2.30. The van der Waals surface area contributed by atoms with Crippen LogP contribution in [0, 0.1) is 5.95 Å². The lowest BCUT2D eigenvalue weighted by Gasteiger charge is -2.32. The molecule has 1 saturated heterocycles. The van der Waals surface area contributed by atoms with Crippen molar-refractivity contribution >= 4 is 0 Å². The molecule has 1 aromatic heterocycles. The van der Waals surface area contributed by atoms with E-state index in [4.69, 9.17) is 0 Å². The van der Waals surface area contributed by atoms with Crippen molar-refractivity contribution in [2.75, 3.05) is 13.1 Å². The van der Waals surface area contributed by atoms with E-state index in [0.717, 1.165) is 13.0 Å².